The van der Waals surface area contributed by atoms with Gasteiger partial charge in [-0.3, -0.25) is 9.59 Å². The van der Waals surface area contributed by atoms with E-state index in [0.717, 1.165) is 55.7 Å². The van der Waals surface area contributed by atoms with Crippen molar-refractivity contribution in [2.24, 2.45) is 0 Å². The van der Waals surface area contributed by atoms with Crippen molar-refractivity contribution in [2.75, 3.05) is 4.90 Å². The molecule has 7 aromatic carbocycles. The maximum absolute atomic E-state index is 13.3. The van der Waals surface area contributed by atoms with Crippen LogP contribution in [0.4, 0.5) is 17.1 Å². The van der Waals surface area contributed by atoms with Crippen molar-refractivity contribution in [2.45, 2.75) is 19.3 Å². The summed E-state index contributed by atoms with van der Waals surface area (Å²) in [6, 6.07) is 50.0. The number of halogens is 2. The third-order valence-electron chi connectivity index (χ3n) is 10.4. The normalized spacial score (nSPS) is 14.3. The van der Waals surface area contributed by atoms with E-state index in [9.17, 15) is 9.59 Å². The molecule has 1 heterocycles. The van der Waals surface area contributed by atoms with Gasteiger partial charge in [0.25, 0.3) is 0 Å². The Hall–Kier alpha value is -5.74. The van der Waals surface area contributed by atoms with Crippen LogP contribution in [0.25, 0.3) is 39.1 Å². The van der Waals surface area contributed by atoms with Crippen molar-refractivity contribution in [3.8, 4) is 22.3 Å². The fourth-order valence-electron chi connectivity index (χ4n) is 7.96. The van der Waals surface area contributed by atoms with Gasteiger partial charge in [-0.1, -0.05) is 134 Å². The Kier molecular flexibility index (Phi) is 7.55. The largest absolute Gasteiger partial charge is 0.310 e. The fraction of sp³-hybridized carbons (Fsp3) is 0.0638. The van der Waals surface area contributed by atoms with Crippen LogP contribution < -0.4 is 4.90 Å². The van der Waals surface area contributed by atoms with Crippen LogP contribution in [0.2, 0.25) is 10.0 Å². The van der Waals surface area contributed by atoms with Gasteiger partial charge in [-0.15, -0.1) is 0 Å². The molecule has 0 saturated carbocycles. The van der Waals surface area contributed by atoms with Gasteiger partial charge in [0.05, 0.1) is 27.0 Å². The maximum atomic E-state index is 13.3. The Morgan fingerprint density at radius 3 is 1.75 bits per heavy atom. The number of para-hydroxylation sites is 1. The second kappa shape index (κ2) is 12.2. The highest BCUT2D eigenvalue weighted by Gasteiger charge is 2.38. The fourth-order valence-corrected chi connectivity index (χ4v) is 8.29. The number of hydrogen-bond acceptors (Lipinski definition) is 3. The zero-order chi connectivity index (χ0) is 35.7. The maximum Gasteiger partial charge on any atom is 0.197 e. The number of allylic oxidation sites excluding steroid dienone is 1. The lowest BCUT2D eigenvalue weighted by atomic mass is 9.71. The molecule has 0 saturated heterocycles. The lowest BCUT2D eigenvalue weighted by Crippen LogP contribution is -2.31. The average Bonchev–Trinajstić information content (AvgIpc) is 3.38. The highest BCUT2D eigenvalue weighted by atomic mass is 35.5. The number of ketones is 2. The summed E-state index contributed by atoms with van der Waals surface area (Å²) >= 11 is 12.4. The SMILES string of the molecule is CC1(C)c2ccccc2N(c2cc(-c3ccccc3)cc(-c3ccccc3)c2)c2ccc3cc(C=C4C(=O)c5cc(Cl)c(Cl)cc5C4=O)ccc3c21. The van der Waals surface area contributed by atoms with Gasteiger partial charge in [-0.25, -0.2) is 0 Å². The second-order valence-electron chi connectivity index (χ2n) is 13.9. The molecule has 5 heteroatoms. The van der Waals surface area contributed by atoms with Crippen molar-refractivity contribution in [1.82, 2.24) is 0 Å². The molecule has 0 fully saturated rings. The smallest absolute Gasteiger partial charge is 0.197 e. The summed E-state index contributed by atoms with van der Waals surface area (Å²) in [6.45, 7) is 4.58. The Morgan fingerprint density at radius 2 is 1.13 bits per heavy atom. The second-order valence-corrected chi connectivity index (χ2v) is 14.8. The summed E-state index contributed by atoms with van der Waals surface area (Å²) in [5.41, 5.74) is 11.5. The Balaban J connectivity index is 1.22. The highest BCUT2D eigenvalue weighted by Crippen LogP contribution is 2.54. The van der Waals surface area contributed by atoms with E-state index >= 15 is 0 Å². The van der Waals surface area contributed by atoms with Crippen LogP contribution >= 0.6 is 23.2 Å². The molecule has 1 aliphatic carbocycles. The average molecular weight is 713 g/mol. The summed E-state index contributed by atoms with van der Waals surface area (Å²) in [5.74, 6) is -0.685. The van der Waals surface area contributed by atoms with Crippen LogP contribution in [0, 0.1) is 0 Å². The molecule has 52 heavy (non-hydrogen) atoms. The van der Waals surface area contributed by atoms with Gasteiger partial charge in [0.1, 0.15) is 0 Å². The lowest BCUT2D eigenvalue weighted by Gasteiger charge is -2.43. The number of benzene rings is 7. The number of anilines is 3. The van der Waals surface area contributed by atoms with Gasteiger partial charge in [-0.2, -0.15) is 0 Å². The van der Waals surface area contributed by atoms with Crippen LogP contribution in [0.3, 0.4) is 0 Å². The Bertz CT molecular complexity index is 2560. The Morgan fingerprint density at radius 1 is 0.558 bits per heavy atom. The van der Waals surface area contributed by atoms with E-state index in [1.807, 2.05) is 18.2 Å². The van der Waals surface area contributed by atoms with E-state index in [0.29, 0.717) is 0 Å². The van der Waals surface area contributed by atoms with Crippen LogP contribution in [-0.2, 0) is 5.41 Å². The summed E-state index contributed by atoms with van der Waals surface area (Å²) in [4.78, 5) is 29.1. The van der Waals surface area contributed by atoms with Gasteiger partial charge in [0.2, 0.25) is 0 Å². The molecular weight excluding hydrogens is 681 g/mol. The minimum absolute atomic E-state index is 0.110. The van der Waals surface area contributed by atoms with E-state index in [1.165, 1.54) is 23.3 Å². The molecule has 0 spiro atoms. The van der Waals surface area contributed by atoms with E-state index in [1.54, 1.807) is 6.08 Å². The number of carbonyl (C=O) groups is 2. The van der Waals surface area contributed by atoms with Crippen molar-refractivity contribution in [1.29, 1.82) is 0 Å². The molecular formula is C47H31Cl2NO2. The molecule has 0 amide bonds. The van der Waals surface area contributed by atoms with Crippen LogP contribution in [0.1, 0.15) is 51.3 Å². The molecule has 0 aromatic heterocycles. The number of carbonyl (C=O) groups excluding carboxylic acids is 2. The third-order valence-corrected chi connectivity index (χ3v) is 11.2. The number of Topliss-reactive ketones (excluding diaryl/α,β-unsaturated/α-hetero) is 2. The number of nitrogens with zero attached hydrogens (tertiary/aromatic N) is 1. The molecule has 7 aromatic rings. The molecule has 0 bridgehead atoms. The number of rotatable bonds is 4. The van der Waals surface area contributed by atoms with E-state index in [4.69, 9.17) is 23.2 Å². The van der Waals surface area contributed by atoms with Crippen molar-refractivity contribution >= 4 is 68.7 Å². The van der Waals surface area contributed by atoms with Crippen molar-refractivity contribution in [3.63, 3.8) is 0 Å². The lowest BCUT2D eigenvalue weighted by molar-refractivity contribution is 0.0990. The Labute approximate surface area is 312 Å². The molecule has 0 unspecified atom stereocenters. The molecule has 0 N–H and O–H groups in total. The highest BCUT2D eigenvalue weighted by molar-refractivity contribution is 6.46. The zero-order valence-electron chi connectivity index (χ0n) is 28.5. The molecule has 9 rings (SSSR count). The van der Waals surface area contributed by atoms with E-state index in [2.05, 4.69) is 134 Å². The third kappa shape index (κ3) is 5.11. The molecule has 3 nitrogen and oxygen atoms in total. The van der Waals surface area contributed by atoms with Crippen molar-refractivity contribution in [3.05, 3.63) is 189 Å². The monoisotopic (exact) mass is 711 g/mol. The number of hydrogen-bond donors (Lipinski definition) is 0. The first-order chi connectivity index (χ1) is 25.2. The van der Waals surface area contributed by atoms with Gasteiger partial charge in [-0.05, 0) is 104 Å². The minimum Gasteiger partial charge on any atom is -0.310 e. The van der Waals surface area contributed by atoms with Gasteiger partial charge in [0, 0.05) is 22.2 Å². The van der Waals surface area contributed by atoms with Crippen LogP contribution in [0.15, 0.2) is 151 Å². The summed E-state index contributed by atoms with van der Waals surface area (Å²) < 4.78 is 0. The quantitative estimate of drug-likeness (QED) is 0.135. The molecule has 1 aliphatic heterocycles. The standard InChI is InChI=1S/C47H31Cl2NO2/c1-47(2)39-15-9-10-16-42(39)50(34-24-32(29-11-5-3-6-12-29)23-33(25-34)30-13-7-4-8-14-30)43-20-18-31-21-28(17-19-35(31)44(43)47)22-38-45(51)36-26-40(48)41(49)27-37(36)46(38)52/h3-27H,1-2H3. The minimum atomic E-state index is -0.343. The molecule has 0 radical (unpaired) electrons. The molecule has 250 valence electrons. The van der Waals surface area contributed by atoms with Crippen molar-refractivity contribution < 1.29 is 9.59 Å². The van der Waals surface area contributed by atoms with Crippen LogP contribution in [0.5, 0.6) is 0 Å². The summed E-state index contributed by atoms with van der Waals surface area (Å²) in [5, 5.41) is 2.63. The summed E-state index contributed by atoms with van der Waals surface area (Å²) in [7, 11) is 0. The first-order valence-electron chi connectivity index (χ1n) is 17.2. The van der Waals surface area contributed by atoms with Gasteiger partial charge in [0.15, 0.2) is 11.6 Å². The van der Waals surface area contributed by atoms with Crippen LogP contribution in [-0.4, -0.2) is 11.6 Å². The molecule has 2 aliphatic rings. The summed E-state index contributed by atoms with van der Waals surface area (Å²) in [6.07, 6.45) is 1.68. The number of fused-ring (bicyclic) bond motifs is 5. The molecule has 0 atom stereocenters. The first-order valence-corrected chi connectivity index (χ1v) is 18.0. The predicted octanol–water partition coefficient (Wildman–Crippen LogP) is 13.1. The van der Waals surface area contributed by atoms with Gasteiger partial charge >= 0.3 is 0 Å². The zero-order valence-corrected chi connectivity index (χ0v) is 30.0. The topological polar surface area (TPSA) is 37.4 Å². The van der Waals surface area contributed by atoms with E-state index in [-0.39, 0.29) is 43.7 Å². The van der Waals surface area contributed by atoms with Gasteiger partial charge < -0.3 is 4.90 Å². The van der Waals surface area contributed by atoms with E-state index < -0.39 is 0 Å². The predicted molar refractivity (Wildman–Crippen MR) is 215 cm³/mol. The first kappa shape index (κ1) is 32.2.